The zero-order valence-electron chi connectivity index (χ0n) is 34.1. The molecule has 3 heterocycles. The fraction of sp³-hybridized carbons (Fsp3) is 0.143. The molecule has 0 saturated heterocycles. The Balaban J connectivity index is 1.11. The molecule has 3 aliphatic heterocycles. The predicted octanol–water partition coefficient (Wildman–Crippen LogP) is 14.2. The molecule has 8 aromatic rings. The maximum atomic E-state index is 2.76. The summed E-state index contributed by atoms with van der Waals surface area (Å²) in [6.07, 6.45) is 6.40. The highest BCUT2D eigenvalue weighted by Gasteiger charge is 2.54. The molecule has 1 aliphatic carbocycles. The molecular weight excluding hydrogens is 758 g/mol. The normalized spacial score (nSPS) is 17.6. The molecule has 0 spiro atoms. The van der Waals surface area contributed by atoms with Gasteiger partial charge in [0, 0.05) is 55.5 Å². The van der Waals surface area contributed by atoms with Gasteiger partial charge in [-0.15, -0.1) is 11.8 Å². The van der Waals surface area contributed by atoms with Crippen LogP contribution in [0.5, 0.6) is 0 Å². The lowest BCUT2D eigenvalue weighted by Gasteiger charge is -2.49. The van der Waals surface area contributed by atoms with Gasteiger partial charge in [-0.3, -0.25) is 0 Å². The first-order chi connectivity index (χ1) is 30.3. The standard InChI is InChI=1S/C56H46BN3S/c1-5-19-39(20-6-1)41-23-17-28-45(35-41)60-52-37-42(40-21-7-2-8-22-40)36-51-54(52)57(56-55(60)48-31-13-16-34-53(48)61-56)49-32-14-15-33-50(49)59(51)47-30-18-29-46(38-47)58(43-24-9-3-10-25-43)44-26-11-4-12-27-44/h1,3-6,9-20,23-38,40,55-56H,2,7-8,21-22H2. The van der Waals surface area contributed by atoms with Crippen LogP contribution in [0.2, 0.25) is 0 Å². The van der Waals surface area contributed by atoms with E-state index in [1.54, 1.807) is 0 Å². The molecular formula is C56H46BN3S. The number of nitrogens with zero attached hydrogens (tertiary/aromatic N) is 3. The van der Waals surface area contributed by atoms with Gasteiger partial charge >= 0.3 is 0 Å². The largest absolute Gasteiger partial charge is 0.334 e. The minimum Gasteiger partial charge on any atom is -0.334 e. The first-order valence-electron chi connectivity index (χ1n) is 22.1. The minimum absolute atomic E-state index is 0.174. The van der Waals surface area contributed by atoms with Crippen molar-refractivity contribution in [1.82, 2.24) is 0 Å². The highest BCUT2D eigenvalue weighted by molar-refractivity contribution is 8.02. The smallest absolute Gasteiger partial charge is 0.233 e. The summed E-state index contributed by atoms with van der Waals surface area (Å²) in [4.78, 5) is 9.15. The second-order valence-corrected chi connectivity index (χ2v) is 18.3. The minimum atomic E-state index is 0.174. The van der Waals surface area contributed by atoms with Crippen LogP contribution in [-0.2, 0) is 0 Å². The van der Waals surface area contributed by atoms with Crippen molar-refractivity contribution < 1.29 is 0 Å². The third kappa shape index (κ3) is 6.20. The number of fused-ring (bicyclic) bond motifs is 6. The van der Waals surface area contributed by atoms with E-state index in [9.17, 15) is 0 Å². The lowest BCUT2D eigenvalue weighted by Crippen LogP contribution is -2.62. The van der Waals surface area contributed by atoms with Crippen molar-refractivity contribution in [3.8, 4) is 11.1 Å². The average molecular weight is 804 g/mol. The Kier molecular flexibility index (Phi) is 9.10. The van der Waals surface area contributed by atoms with Crippen molar-refractivity contribution in [2.45, 2.75) is 54.1 Å². The molecule has 1 saturated carbocycles. The SMILES string of the molecule is c1ccc(-c2cccc(N3c4cc(C5CCCCC5)cc5c4B(c4ccccc4N5c4cccc(N(c5ccccc5)c5ccccc5)c4)C4Sc5ccccc5C43)c2)cc1. The monoisotopic (exact) mass is 803 g/mol. The Labute approximate surface area is 364 Å². The molecule has 61 heavy (non-hydrogen) atoms. The van der Waals surface area contributed by atoms with Crippen molar-refractivity contribution in [2.24, 2.45) is 0 Å². The third-order valence-electron chi connectivity index (χ3n) is 13.6. The lowest BCUT2D eigenvalue weighted by atomic mass is 9.33. The van der Waals surface area contributed by atoms with Gasteiger partial charge in [-0.1, -0.05) is 141 Å². The van der Waals surface area contributed by atoms with Gasteiger partial charge < -0.3 is 14.7 Å². The van der Waals surface area contributed by atoms with E-state index in [2.05, 4.69) is 227 Å². The van der Waals surface area contributed by atoms with E-state index in [1.807, 2.05) is 0 Å². The van der Waals surface area contributed by atoms with E-state index >= 15 is 0 Å². The zero-order valence-corrected chi connectivity index (χ0v) is 35.0. The summed E-state index contributed by atoms with van der Waals surface area (Å²) in [7, 11) is 0. The van der Waals surface area contributed by atoms with E-state index in [-0.39, 0.29) is 17.9 Å². The van der Waals surface area contributed by atoms with E-state index in [0.29, 0.717) is 5.92 Å². The second kappa shape index (κ2) is 15.2. The molecule has 3 nitrogen and oxygen atoms in total. The van der Waals surface area contributed by atoms with Crippen LogP contribution in [0.3, 0.4) is 0 Å². The Morgan fingerprint density at radius 2 is 1.11 bits per heavy atom. The summed E-state index contributed by atoms with van der Waals surface area (Å²) in [5, 5.41) is 0.283. The van der Waals surface area contributed by atoms with Crippen LogP contribution in [0, 0.1) is 0 Å². The van der Waals surface area contributed by atoms with Gasteiger partial charge in [0.1, 0.15) is 0 Å². The molecule has 5 heteroatoms. The zero-order chi connectivity index (χ0) is 40.3. The van der Waals surface area contributed by atoms with Gasteiger partial charge in [0.15, 0.2) is 0 Å². The van der Waals surface area contributed by atoms with Crippen molar-refractivity contribution >= 4 is 74.9 Å². The molecule has 0 amide bonds. The first kappa shape index (κ1) is 36.4. The molecule has 2 unspecified atom stereocenters. The fourth-order valence-corrected chi connectivity index (χ4v) is 12.5. The number of rotatable bonds is 7. The summed E-state index contributed by atoms with van der Waals surface area (Å²) in [6.45, 7) is 0.210. The molecule has 2 atom stereocenters. The number of hydrogen-bond acceptors (Lipinski definition) is 4. The Hall–Kier alpha value is -6.43. The molecule has 0 bridgehead atoms. The second-order valence-electron chi connectivity index (χ2n) is 17.1. The number of hydrogen-bond donors (Lipinski definition) is 0. The molecule has 0 radical (unpaired) electrons. The molecule has 8 aromatic carbocycles. The lowest BCUT2D eigenvalue weighted by molar-refractivity contribution is 0.443. The summed E-state index contributed by atoms with van der Waals surface area (Å²) < 4.78 is 0. The van der Waals surface area contributed by atoms with Crippen molar-refractivity contribution in [2.75, 3.05) is 14.7 Å². The van der Waals surface area contributed by atoms with Crippen molar-refractivity contribution in [3.63, 3.8) is 0 Å². The van der Waals surface area contributed by atoms with Gasteiger partial charge in [-0.25, -0.2) is 0 Å². The summed E-state index contributed by atoms with van der Waals surface area (Å²) in [6, 6.07) is 74.9. The quantitative estimate of drug-likeness (QED) is 0.148. The molecule has 0 aromatic heterocycles. The molecule has 4 aliphatic rings. The van der Waals surface area contributed by atoms with E-state index in [1.165, 1.54) is 98.6 Å². The van der Waals surface area contributed by atoms with Gasteiger partial charge in [-0.05, 0) is 131 Å². The van der Waals surface area contributed by atoms with Crippen molar-refractivity contribution in [1.29, 1.82) is 0 Å². The summed E-state index contributed by atoms with van der Waals surface area (Å²) in [5.41, 5.74) is 18.1. The Morgan fingerprint density at radius 1 is 0.492 bits per heavy atom. The maximum absolute atomic E-state index is 2.76. The van der Waals surface area contributed by atoms with Crippen LogP contribution >= 0.6 is 11.8 Å². The van der Waals surface area contributed by atoms with Gasteiger partial charge in [0.25, 0.3) is 0 Å². The molecule has 294 valence electrons. The van der Waals surface area contributed by atoms with E-state index in [0.717, 1.165) is 17.1 Å². The highest BCUT2D eigenvalue weighted by atomic mass is 32.2. The molecule has 12 rings (SSSR count). The Bertz CT molecular complexity index is 2840. The van der Waals surface area contributed by atoms with Crippen LogP contribution in [-0.4, -0.2) is 11.9 Å². The van der Waals surface area contributed by atoms with Crippen LogP contribution < -0.4 is 25.6 Å². The van der Waals surface area contributed by atoms with Gasteiger partial charge in [0.05, 0.1) is 6.04 Å². The molecule has 1 fully saturated rings. The van der Waals surface area contributed by atoms with E-state index < -0.39 is 0 Å². The van der Waals surface area contributed by atoms with Crippen molar-refractivity contribution in [3.05, 3.63) is 211 Å². The highest BCUT2D eigenvalue weighted by Crippen LogP contribution is 2.57. The first-order valence-corrected chi connectivity index (χ1v) is 22.9. The third-order valence-corrected chi connectivity index (χ3v) is 15.0. The number of benzene rings is 8. The van der Waals surface area contributed by atoms with Gasteiger partial charge in [-0.2, -0.15) is 0 Å². The number of para-hydroxylation sites is 3. The molecule has 0 N–H and O–H groups in total. The van der Waals surface area contributed by atoms with Crippen LogP contribution in [0.1, 0.15) is 55.2 Å². The van der Waals surface area contributed by atoms with Crippen LogP contribution in [0.25, 0.3) is 11.1 Å². The topological polar surface area (TPSA) is 9.72 Å². The van der Waals surface area contributed by atoms with Gasteiger partial charge in [0.2, 0.25) is 6.71 Å². The summed E-state index contributed by atoms with van der Waals surface area (Å²) >= 11 is 2.09. The number of anilines is 8. The Morgan fingerprint density at radius 3 is 1.90 bits per heavy atom. The number of thioether (sulfide) groups is 1. The van der Waals surface area contributed by atoms with Crippen LogP contribution in [0.4, 0.5) is 45.5 Å². The predicted molar refractivity (Wildman–Crippen MR) is 260 cm³/mol. The van der Waals surface area contributed by atoms with E-state index in [4.69, 9.17) is 0 Å². The maximum Gasteiger partial charge on any atom is 0.233 e. The van der Waals surface area contributed by atoms with Crippen LogP contribution in [0.15, 0.2) is 205 Å². The summed E-state index contributed by atoms with van der Waals surface area (Å²) in [5.74, 6) is 0.534. The average Bonchev–Trinajstić information content (AvgIpc) is 3.72. The fourth-order valence-electron chi connectivity index (χ4n) is 10.9.